The van der Waals surface area contributed by atoms with Crippen molar-refractivity contribution in [3.63, 3.8) is 0 Å². The Bertz CT molecular complexity index is 758. The van der Waals surface area contributed by atoms with Gasteiger partial charge < -0.3 is 0 Å². The minimum absolute atomic E-state index is 0.105. The molecule has 0 spiro atoms. The lowest BCUT2D eigenvalue weighted by molar-refractivity contribution is -0.125. The standard InChI is InChI=1S/C17H19NO3S/c1-3-13-11-18(14-6-9-17(19)16(13)10-14)22(20,21)15-7-4-12(2)5-8-15/h4-5,7-8,14,16H,1,6,9-11H2,2H3/t14-,16+/m1/s1. The molecule has 1 aliphatic heterocycles. The summed E-state index contributed by atoms with van der Waals surface area (Å²) in [5, 5.41) is 0. The third kappa shape index (κ3) is 2.45. The zero-order valence-corrected chi connectivity index (χ0v) is 13.4. The number of piperidine rings is 1. The molecule has 2 atom stereocenters. The highest BCUT2D eigenvalue weighted by molar-refractivity contribution is 7.89. The molecule has 116 valence electrons. The Hall–Kier alpha value is -1.68. The Kier molecular flexibility index (Phi) is 3.81. The third-order valence-corrected chi connectivity index (χ3v) is 6.54. The summed E-state index contributed by atoms with van der Waals surface area (Å²) in [7, 11) is -3.56. The molecular formula is C17H19NO3S. The second-order valence-corrected chi connectivity index (χ2v) is 7.90. The smallest absolute Gasteiger partial charge is 0.243 e. The van der Waals surface area contributed by atoms with E-state index in [1.807, 2.05) is 6.92 Å². The molecule has 2 fully saturated rings. The van der Waals surface area contributed by atoms with E-state index in [0.29, 0.717) is 29.7 Å². The predicted molar refractivity (Wildman–Crippen MR) is 83.9 cm³/mol. The fourth-order valence-corrected chi connectivity index (χ4v) is 4.96. The molecule has 1 aliphatic carbocycles. The van der Waals surface area contributed by atoms with Crippen molar-refractivity contribution >= 4 is 15.8 Å². The molecule has 4 nitrogen and oxygen atoms in total. The molecule has 0 aromatic heterocycles. The lowest BCUT2D eigenvalue weighted by atomic mass is 9.77. The van der Waals surface area contributed by atoms with Crippen molar-refractivity contribution < 1.29 is 13.2 Å². The fraction of sp³-hybridized carbons (Fsp3) is 0.412. The van der Waals surface area contributed by atoms with Gasteiger partial charge in [0, 0.05) is 24.9 Å². The number of hydrogen-bond acceptors (Lipinski definition) is 3. The summed E-state index contributed by atoms with van der Waals surface area (Å²) < 4.78 is 27.4. The molecule has 1 saturated heterocycles. The maximum Gasteiger partial charge on any atom is 0.243 e. The Morgan fingerprint density at radius 2 is 1.95 bits per heavy atom. The molecule has 2 aliphatic rings. The van der Waals surface area contributed by atoms with Crippen LogP contribution in [0.15, 0.2) is 47.0 Å². The van der Waals surface area contributed by atoms with Gasteiger partial charge in [0.15, 0.2) is 0 Å². The van der Waals surface area contributed by atoms with Gasteiger partial charge >= 0.3 is 0 Å². The molecule has 0 unspecified atom stereocenters. The largest absolute Gasteiger partial charge is 0.299 e. The monoisotopic (exact) mass is 317 g/mol. The zero-order chi connectivity index (χ0) is 15.9. The molecule has 5 heteroatoms. The van der Waals surface area contributed by atoms with E-state index < -0.39 is 10.0 Å². The molecule has 2 bridgehead atoms. The summed E-state index contributed by atoms with van der Waals surface area (Å²) in [5.41, 5.74) is 4.52. The molecule has 1 heterocycles. The number of nitrogens with zero attached hydrogens (tertiary/aromatic N) is 1. The van der Waals surface area contributed by atoms with E-state index in [4.69, 9.17) is 0 Å². The minimum Gasteiger partial charge on any atom is -0.299 e. The lowest BCUT2D eigenvalue weighted by Gasteiger charge is -2.42. The summed E-state index contributed by atoms with van der Waals surface area (Å²) in [6, 6.07) is 6.78. The Morgan fingerprint density at radius 3 is 2.59 bits per heavy atom. The number of ketones is 1. The maximum atomic E-state index is 12.9. The SMILES string of the molecule is C=C=C1CN(S(=O)(=O)c2ccc(C)cc2)[C@@H]2CCC(=O)[C@H]1C2. The molecule has 1 aromatic rings. The second kappa shape index (κ2) is 5.51. The highest BCUT2D eigenvalue weighted by Gasteiger charge is 2.44. The molecular weight excluding hydrogens is 298 g/mol. The van der Waals surface area contributed by atoms with Crippen molar-refractivity contribution in [3.8, 4) is 0 Å². The molecule has 1 saturated carbocycles. The fourth-order valence-electron chi connectivity index (χ4n) is 3.32. The first-order chi connectivity index (χ1) is 10.4. The van der Waals surface area contributed by atoms with Gasteiger partial charge in [0.25, 0.3) is 0 Å². The number of carbonyl (C=O) groups excluding carboxylic acids is 1. The van der Waals surface area contributed by atoms with Gasteiger partial charge in [-0.15, -0.1) is 5.73 Å². The first-order valence-electron chi connectivity index (χ1n) is 7.43. The van der Waals surface area contributed by atoms with E-state index in [1.54, 1.807) is 24.3 Å². The van der Waals surface area contributed by atoms with Crippen LogP contribution < -0.4 is 0 Å². The lowest BCUT2D eigenvalue weighted by Crippen LogP contribution is -2.51. The number of aryl methyl sites for hydroxylation is 1. The predicted octanol–water partition coefficient (Wildman–Crippen LogP) is 2.45. The molecule has 1 aromatic carbocycles. The summed E-state index contributed by atoms with van der Waals surface area (Å²) >= 11 is 0. The first kappa shape index (κ1) is 15.2. The van der Waals surface area contributed by atoms with Crippen molar-refractivity contribution in [1.29, 1.82) is 0 Å². The van der Waals surface area contributed by atoms with Gasteiger partial charge in [-0.3, -0.25) is 4.79 Å². The van der Waals surface area contributed by atoms with Crippen LogP contribution in [-0.4, -0.2) is 31.1 Å². The van der Waals surface area contributed by atoms with Gasteiger partial charge in [-0.2, -0.15) is 4.31 Å². The summed E-state index contributed by atoms with van der Waals surface area (Å²) in [4.78, 5) is 12.3. The summed E-state index contributed by atoms with van der Waals surface area (Å²) in [6.07, 6.45) is 1.59. The minimum atomic E-state index is -3.56. The summed E-state index contributed by atoms with van der Waals surface area (Å²) in [5.74, 6) is -0.00417. The van der Waals surface area contributed by atoms with Gasteiger partial charge in [-0.05, 0) is 37.5 Å². The highest BCUT2D eigenvalue weighted by Crippen LogP contribution is 2.38. The number of sulfonamides is 1. The van der Waals surface area contributed by atoms with Crippen molar-refractivity contribution in [1.82, 2.24) is 4.31 Å². The van der Waals surface area contributed by atoms with Crippen LogP contribution in [-0.2, 0) is 14.8 Å². The normalized spacial score (nSPS) is 25.9. The van der Waals surface area contributed by atoms with Gasteiger partial charge in [-0.1, -0.05) is 24.3 Å². The third-order valence-electron chi connectivity index (χ3n) is 4.63. The Labute approximate surface area is 131 Å². The average molecular weight is 317 g/mol. The van der Waals surface area contributed by atoms with Crippen LogP contribution in [0.4, 0.5) is 0 Å². The van der Waals surface area contributed by atoms with E-state index in [9.17, 15) is 13.2 Å². The van der Waals surface area contributed by atoms with Crippen LogP contribution in [0.1, 0.15) is 24.8 Å². The summed E-state index contributed by atoms with van der Waals surface area (Å²) in [6.45, 7) is 5.78. The number of benzene rings is 1. The van der Waals surface area contributed by atoms with Crippen molar-refractivity contribution in [3.05, 3.63) is 47.7 Å². The van der Waals surface area contributed by atoms with E-state index >= 15 is 0 Å². The van der Waals surface area contributed by atoms with Crippen LogP contribution in [0.25, 0.3) is 0 Å². The highest BCUT2D eigenvalue weighted by atomic mass is 32.2. The Balaban J connectivity index is 1.98. The van der Waals surface area contributed by atoms with Crippen LogP contribution in [0.2, 0.25) is 0 Å². The van der Waals surface area contributed by atoms with Crippen LogP contribution in [0.5, 0.6) is 0 Å². The number of rotatable bonds is 2. The van der Waals surface area contributed by atoms with Gasteiger partial charge in [0.05, 0.1) is 4.90 Å². The van der Waals surface area contributed by atoms with Crippen molar-refractivity contribution in [2.45, 2.75) is 37.1 Å². The number of Topliss-reactive ketones (excluding diaryl/α,β-unsaturated/α-hetero) is 1. The molecule has 3 rings (SSSR count). The van der Waals surface area contributed by atoms with Crippen molar-refractivity contribution in [2.75, 3.05) is 6.54 Å². The molecule has 22 heavy (non-hydrogen) atoms. The van der Waals surface area contributed by atoms with Crippen LogP contribution >= 0.6 is 0 Å². The van der Waals surface area contributed by atoms with E-state index in [2.05, 4.69) is 12.3 Å². The zero-order valence-electron chi connectivity index (χ0n) is 12.6. The van der Waals surface area contributed by atoms with E-state index in [0.717, 1.165) is 5.56 Å². The second-order valence-electron chi connectivity index (χ2n) is 6.01. The van der Waals surface area contributed by atoms with Gasteiger partial charge in [0.1, 0.15) is 5.78 Å². The van der Waals surface area contributed by atoms with Gasteiger partial charge in [-0.25, -0.2) is 8.42 Å². The quantitative estimate of drug-likeness (QED) is 0.787. The van der Waals surface area contributed by atoms with Crippen molar-refractivity contribution in [2.24, 2.45) is 5.92 Å². The molecule has 0 radical (unpaired) electrons. The molecule has 0 N–H and O–H groups in total. The van der Waals surface area contributed by atoms with Crippen LogP contribution in [0, 0.1) is 12.8 Å². The number of carbonyl (C=O) groups is 1. The number of fused-ring (bicyclic) bond motifs is 2. The molecule has 0 amide bonds. The van der Waals surface area contributed by atoms with Crippen LogP contribution in [0.3, 0.4) is 0 Å². The topological polar surface area (TPSA) is 54.5 Å². The van der Waals surface area contributed by atoms with Gasteiger partial charge in [0.2, 0.25) is 10.0 Å². The first-order valence-corrected chi connectivity index (χ1v) is 8.87. The van der Waals surface area contributed by atoms with E-state index in [1.165, 1.54) is 4.31 Å². The Morgan fingerprint density at radius 1 is 1.27 bits per heavy atom. The maximum absolute atomic E-state index is 12.9. The van der Waals surface area contributed by atoms with E-state index in [-0.39, 0.29) is 24.3 Å². The average Bonchev–Trinajstić information content (AvgIpc) is 2.51. The number of hydrogen-bond donors (Lipinski definition) is 0.